The van der Waals surface area contributed by atoms with Crippen molar-refractivity contribution in [3.8, 4) is 0 Å². The average molecular weight is 329 g/mol. The second-order valence-corrected chi connectivity index (χ2v) is 6.13. The highest BCUT2D eigenvalue weighted by Crippen LogP contribution is 2.38. The molecule has 1 heterocycles. The predicted molar refractivity (Wildman–Crippen MR) is 64.2 cm³/mol. The number of benzene rings is 1. The molecule has 4 nitrogen and oxygen atoms in total. The first-order chi connectivity index (χ1) is 9.08. The van der Waals surface area contributed by atoms with Crippen LogP contribution in [0.15, 0.2) is 45.4 Å². The summed E-state index contributed by atoms with van der Waals surface area (Å²) in [6.45, 7) is 0. The van der Waals surface area contributed by atoms with Crippen LogP contribution in [0.1, 0.15) is 0 Å². The summed E-state index contributed by atoms with van der Waals surface area (Å²) in [5.74, 6) is 0. The fourth-order valence-electron chi connectivity index (χ4n) is 1.49. The Morgan fingerprint density at radius 1 is 1.10 bits per heavy atom. The molecule has 0 bridgehead atoms. The van der Waals surface area contributed by atoms with E-state index in [0.717, 1.165) is 12.1 Å². The Balaban J connectivity index is 2.48. The smallest absolute Gasteiger partial charge is 0.217 e. The van der Waals surface area contributed by atoms with E-state index in [2.05, 4.69) is 10.2 Å². The average Bonchev–Trinajstić information content (AvgIpc) is 2.66. The quantitative estimate of drug-likeness (QED) is 0.588. The predicted octanol–water partition coefficient (Wildman–Crippen LogP) is 2.70. The summed E-state index contributed by atoms with van der Waals surface area (Å²) < 4.78 is 75.6. The Bertz CT molecular complexity index is 696. The minimum Gasteiger partial charge on any atom is -0.217 e. The third-order valence-electron chi connectivity index (χ3n) is 2.38. The Kier molecular flexibility index (Phi) is 3.37. The molecule has 10 heteroatoms. The molecule has 20 heavy (non-hydrogen) atoms. The fraction of sp³-hybridized carbons (Fsp3) is 0.200. The molecule has 0 aromatic heterocycles. The van der Waals surface area contributed by atoms with Crippen LogP contribution in [0.3, 0.4) is 0 Å². The van der Waals surface area contributed by atoms with E-state index in [1.807, 2.05) is 0 Å². The third-order valence-corrected chi connectivity index (χ3v) is 4.62. The van der Waals surface area contributed by atoms with Gasteiger partial charge in [-0.15, -0.1) is 10.2 Å². The monoisotopic (exact) mass is 328 g/mol. The second kappa shape index (κ2) is 4.52. The van der Waals surface area contributed by atoms with Crippen molar-refractivity contribution in [1.82, 2.24) is 0 Å². The second-order valence-electron chi connectivity index (χ2n) is 3.74. The van der Waals surface area contributed by atoms with Crippen molar-refractivity contribution in [2.75, 3.05) is 0 Å². The van der Waals surface area contributed by atoms with Crippen LogP contribution in [0.5, 0.6) is 0 Å². The van der Waals surface area contributed by atoms with Gasteiger partial charge in [0.25, 0.3) is 5.13 Å². The Labute approximate surface area is 115 Å². The van der Waals surface area contributed by atoms with Crippen LogP contribution in [-0.4, -0.2) is 30.5 Å². The summed E-state index contributed by atoms with van der Waals surface area (Å²) in [6.07, 6.45) is -5.23. The number of rotatable bonds is 1. The minimum atomic E-state index is -5.23. The highest BCUT2D eigenvalue weighted by molar-refractivity contribution is 8.07. The molecule has 2 rings (SSSR count). The van der Waals surface area contributed by atoms with Crippen molar-refractivity contribution in [3.05, 3.63) is 30.3 Å². The van der Waals surface area contributed by atoms with E-state index >= 15 is 0 Å². The number of nitrogens with zero attached hydrogens (tertiary/aromatic N) is 2. The van der Waals surface area contributed by atoms with Gasteiger partial charge >= 0.3 is 6.18 Å². The van der Waals surface area contributed by atoms with Crippen LogP contribution in [0.2, 0.25) is 0 Å². The number of hydrogen-bond donors (Lipinski definition) is 0. The molecular weight excluding hydrogens is 324 g/mol. The topological polar surface area (TPSA) is 58.9 Å². The zero-order chi connectivity index (χ0) is 15.2. The molecule has 0 saturated heterocycles. The molecular formula is C10H5ClF4N2O2S. The minimum absolute atomic E-state index is 0.431. The van der Waals surface area contributed by atoms with Gasteiger partial charge in [-0.2, -0.15) is 13.2 Å². The van der Waals surface area contributed by atoms with Crippen molar-refractivity contribution in [2.24, 2.45) is 10.2 Å². The maximum atomic E-state index is 14.0. The normalized spacial score (nSPS) is 23.4. The van der Waals surface area contributed by atoms with E-state index in [-0.39, 0.29) is 0 Å². The standard InChI is InChI=1S/C10H5ClF4N2O2S/c11-9(12)7(10(13,14)15)16-17-8(9)20(18,19)6-4-2-1-3-5-6/h1-5H. The van der Waals surface area contributed by atoms with Gasteiger partial charge in [0.1, 0.15) is 0 Å². The van der Waals surface area contributed by atoms with E-state index in [4.69, 9.17) is 11.6 Å². The number of sulfone groups is 1. The first kappa shape index (κ1) is 14.9. The van der Waals surface area contributed by atoms with Crippen LogP contribution in [0, 0.1) is 0 Å². The van der Waals surface area contributed by atoms with Crippen LogP contribution in [0.25, 0.3) is 0 Å². The molecule has 0 fully saturated rings. The van der Waals surface area contributed by atoms with Gasteiger partial charge in [0.15, 0.2) is 0 Å². The van der Waals surface area contributed by atoms with Gasteiger partial charge in [0.05, 0.1) is 4.90 Å². The molecule has 0 aliphatic carbocycles. The van der Waals surface area contributed by atoms with Crippen molar-refractivity contribution < 1.29 is 26.0 Å². The molecule has 1 unspecified atom stereocenters. The third kappa shape index (κ3) is 2.31. The van der Waals surface area contributed by atoms with Gasteiger partial charge in [-0.1, -0.05) is 29.8 Å². The summed E-state index contributed by atoms with van der Waals surface area (Å²) in [6, 6.07) is 6.29. The lowest BCUT2D eigenvalue weighted by Gasteiger charge is -2.17. The molecule has 1 aromatic rings. The molecule has 1 atom stereocenters. The SMILES string of the molecule is O=S(=O)(C1=NN=C(C(F)(F)F)C1(F)Cl)c1ccccc1. The summed E-state index contributed by atoms with van der Waals surface area (Å²) in [7, 11) is -4.61. The molecule has 1 aromatic carbocycles. The maximum absolute atomic E-state index is 14.0. The van der Waals surface area contributed by atoms with E-state index in [1.54, 1.807) is 0 Å². The molecule has 0 amide bonds. The number of alkyl halides is 5. The van der Waals surface area contributed by atoms with Gasteiger partial charge in [-0.25, -0.2) is 12.8 Å². The molecule has 0 spiro atoms. The van der Waals surface area contributed by atoms with Crippen LogP contribution < -0.4 is 0 Å². The summed E-state index contributed by atoms with van der Waals surface area (Å²) >= 11 is 5.09. The zero-order valence-electron chi connectivity index (χ0n) is 9.40. The van der Waals surface area contributed by atoms with Crippen molar-refractivity contribution in [1.29, 1.82) is 0 Å². The summed E-state index contributed by atoms with van der Waals surface area (Å²) in [5.41, 5.74) is -2.11. The van der Waals surface area contributed by atoms with Crippen molar-refractivity contribution >= 4 is 32.2 Å². The van der Waals surface area contributed by atoms with E-state index in [1.165, 1.54) is 18.2 Å². The Hall–Kier alpha value is -1.48. The zero-order valence-corrected chi connectivity index (χ0v) is 11.0. The van der Waals surface area contributed by atoms with Gasteiger partial charge < -0.3 is 0 Å². The van der Waals surface area contributed by atoms with E-state index < -0.39 is 36.8 Å². The number of hydrogen-bond acceptors (Lipinski definition) is 4. The van der Waals surface area contributed by atoms with Crippen molar-refractivity contribution in [3.63, 3.8) is 0 Å². The van der Waals surface area contributed by atoms with Gasteiger partial charge in [0, 0.05) is 0 Å². The van der Waals surface area contributed by atoms with Crippen LogP contribution in [0.4, 0.5) is 17.6 Å². The summed E-state index contributed by atoms with van der Waals surface area (Å²) in [4.78, 5) is -0.431. The molecule has 1 aliphatic heterocycles. The highest BCUT2D eigenvalue weighted by atomic mass is 35.5. The summed E-state index contributed by atoms with van der Waals surface area (Å²) in [5, 5.41) is -0.0349. The van der Waals surface area contributed by atoms with Crippen LogP contribution >= 0.6 is 11.6 Å². The van der Waals surface area contributed by atoms with Gasteiger partial charge in [0.2, 0.25) is 20.6 Å². The van der Waals surface area contributed by atoms with Crippen LogP contribution in [-0.2, 0) is 9.84 Å². The molecule has 108 valence electrons. The van der Waals surface area contributed by atoms with Gasteiger partial charge in [-0.05, 0) is 12.1 Å². The lowest BCUT2D eigenvalue weighted by atomic mass is 10.2. The first-order valence-corrected chi connectivity index (χ1v) is 6.86. The highest BCUT2D eigenvalue weighted by Gasteiger charge is 2.60. The largest absolute Gasteiger partial charge is 0.436 e. The number of halogens is 5. The molecule has 0 radical (unpaired) electrons. The molecule has 1 aliphatic rings. The maximum Gasteiger partial charge on any atom is 0.436 e. The van der Waals surface area contributed by atoms with E-state index in [9.17, 15) is 26.0 Å². The molecule has 0 saturated carbocycles. The Morgan fingerprint density at radius 2 is 1.65 bits per heavy atom. The lowest BCUT2D eigenvalue weighted by molar-refractivity contribution is -0.0629. The van der Waals surface area contributed by atoms with Gasteiger partial charge in [-0.3, -0.25) is 0 Å². The van der Waals surface area contributed by atoms with Crippen molar-refractivity contribution in [2.45, 2.75) is 16.2 Å². The molecule has 0 N–H and O–H groups in total. The first-order valence-electron chi connectivity index (χ1n) is 4.99. The lowest BCUT2D eigenvalue weighted by Crippen LogP contribution is -2.45. The fourth-order valence-corrected chi connectivity index (χ4v) is 3.30. The Morgan fingerprint density at radius 3 is 2.10 bits per heavy atom. The van der Waals surface area contributed by atoms with E-state index in [0.29, 0.717) is 0 Å².